The molecule has 1 fully saturated rings. The zero-order chi connectivity index (χ0) is 23.5. The molecule has 33 heavy (non-hydrogen) atoms. The van der Waals surface area contributed by atoms with Gasteiger partial charge in [-0.1, -0.05) is 70.8 Å². The van der Waals surface area contributed by atoms with Crippen LogP contribution in [-0.4, -0.2) is 20.3 Å². The molecular weight excluding hydrogens is 419 g/mol. The number of aryl methyl sites for hydroxylation is 1. The van der Waals surface area contributed by atoms with Crippen molar-refractivity contribution in [2.24, 2.45) is 11.8 Å². The predicted molar refractivity (Wildman–Crippen MR) is 132 cm³/mol. The number of fused-ring (bicyclic) bond motifs is 1. The van der Waals surface area contributed by atoms with Crippen LogP contribution in [0, 0.1) is 17.7 Å². The summed E-state index contributed by atoms with van der Waals surface area (Å²) in [5.74, 6) is 1.73. The number of ether oxygens (including phenoxy) is 2. The van der Waals surface area contributed by atoms with Gasteiger partial charge in [-0.25, -0.2) is 9.18 Å². The number of hydrogen-bond donors (Lipinski definition) is 0. The van der Waals surface area contributed by atoms with Crippen LogP contribution < -0.4 is 10.4 Å². The maximum absolute atomic E-state index is 14.7. The zero-order valence-corrected chi connectivity index (χ0v) is 20.5. The fourth-order valence-electron chi connectivity index (χ4n) is 5.08. The molecular formula is C28H41FO4. The molecule has 2 aromatic rings. The molecule has 0 saturated heterocycles. The van der Waals surface area contributed by atoms with Crippen LogP contribution in [0.2, 0.25) is 0 Å². The van der Waals surface area contributed by atoms with Crippen molar-refractivity contribution in [3.05, 3.63) is 40.2 Å². The number of methoxy groups -OCH3 is 1. The molecule has 1 saturated carbocycles. The van der Waals surface area contributed by atoms with Gasteiger partial charge in [0.2, 0.25) is 0 Å². The monoisotopic (exact) mass is 460 g/mol. The lowest BCUT2D eigenvalue weighted by Crippen LogP contribution is -2.15. The molecule has 5 heteroatoms. The lowest BCUT2D eigenvalue weighted by Gasteiger charge is -2.28. The van der Waals surface area contributed by atoms with Gasteiger partial charge in [0, 0.05) is 20.1 Å². The van der Waals surface area contributed by atoms with Crippen LogP contribution in [0.4, 0.5) is 4.39 Å². The summed E-state index contributed by atoms with van der Waals surface area (Å²) >= 11 is 0. The number of halogens is 1. The fourth-order valence-corrected chi connectivity index (χ4v) is 5.08. The number of rotatable bonds is 14. The molecule has 0 spiro atoms. The Morgan fingerprint density at radius 3 is 2.39 bits per heavy atom. The minimum atomic E-state index is -0.616. The van der Waals surface area contributed by atoms with Crippen LogP contribution in [0.25, 0.3) is 10.8 Å². The first-order valence-electron chi connectivity index (χ1n) is 13.0. The number of unbranched alkanes of at least 4 members (excludes halogenated alkanes) is 4. The Balaban J connectivity index is 1.42. The summed E-state index contributed by atoms with van der Waals surface area (Å²) in [5.41, 5.74) is -0.604. The van der Waals surface area contributed by atoms with Gasteiger partial charge in [0.15, 0.2) is 11.6 Å². The number of hydrogen-bond acceptors (Lipinski definition) is 4. The summed E-state index contributed by atoms with van der Waals surface area (Å²) in [6.45, 7) is 3.26. The Labute approximate surface area is 197 Å². The van der Waals surface area contributed by atoms with E-state index in [-0.39, 0.29) is 11.1 Å². The lowest BCUT2D eigenvalue weighted by molar-refractivity contribution is 0.191. The Hall–Kier alpha value is -1.88. The Morgan fingerprint density at radius 1 is 0.970 bits per heavy atom. The van der Waals surface area contributed by atoms with E-state index >= 15 is 0 Å². The third-order valence-electron chi connectivity index (χ3n) is 7.07. The molecule has 1 heterocycles. The average molecular weight is 461 g/mol. The van der Waals surface area contributed by atoms with E-state index in [1.807, 2.05) is 13.0 Å². The fraction of sp³-hybridized carbons (Fsp3) is 0.679. The van der Waals surface area contributed by atoms with Gasteiger partial charge in [0.1, 0.15) is 11.1 Å². The summed E-state index contributed by atoms with van der Waals surface area (Å²) in [6, 6.07) is 5.19. The molecule has 0 amide bonds. The highest BCUT2D eigenvalue weighted by Crippen LogP contribution is 2.34. The lowest BCUT2D eigenvalue weighted by atomic mass is 9.78. The van der Waals surface area contributed by atoms with Crippen molar-refractivity contribution in [1.82, 2.24) is 0 Å². The first-order valence-corrected chi connectivity index (χ1v) is 13.0. The van der Waals surface area contributed by atoms with Crippen LogP contribution in [0.3, 0.4) is 0 Å². The van der Waals surface area contributed by atoms with Crippen LogP contribution in [0.5, 0.6) is 5.75 Å². The van der Waals surface area contributed by atoms with Crippen molar-refractivity contribution in [1.29, 1.82) is 0 Å². The van der Waals surface area contributed by atoms with Crippen molar-refractivity contribution in [2.45, 2.75) is 90.4 Å². The third-order valence-corrected chi connectivity index (χ3v) is 7.07. The van der Waals surface area contributed by atoms with Gasteiger partial charge in [-0.05, 0) is 48.6 Å². The third kappa shape index (κ3) is 7.84. The molecule has 0 bridgehead atoms. The van der Waals surface area contributed by atoms with Gasteiger partial charge in [-0.15, -0.1) is 0 Å². The van der Waals surface area contributed by atoms with Gasteiger partial charge in [-0.3, -0.25) is 0 Å². The summed E-state index contributed by atoms with van der Waals surface area (Å²) in [5, 5.41) is 0.583. The molecule has 0 aliphatic heterocycles. The van der Waals surface area contributed by atoms with Crippen LogP contribution in [0.1, 0.15) is 89.7 Å². The largest absolute Gasteiger partial charge is 0.491 e. The molecule has 0 radical (unpaired) electrons. The van der Waals surface area contributed by atoms with Crippen LogP contribution in [-0.2, 0) is 11.2 Å². The standard InChI is InChI=1S/C28H41FO4/c1-3-18-32-25-17-15-23-20-24(33-28(30)26(23)27(25)29)16-14-22-12-10-21(11-13-22)9-7-5-4-6-8-19-31-2/h15,17,20-22H,3-14,16,18-19H2,1-2H3. The molecule has 0 unspecified atom stereocenters. The van der Waals surface area contributed by atoms with Crippen molar-refractivity contribution in [3.63, 3.8) is 0 Å². The summed E-state index contributed by atoms with van der Waals surface area (Å²) in [7, 11) is 1.77. The van der Waals surface area contributed by atoms with Crippen molar-refractivity contribution in [3.8, 4) is 5.75 Å². The molecule has 1 aliphatic carbocycles. The van der Waals surface area contributed by atoms with Crippen molar-refractivity contribution >= 4 is 10.8 Å². The summed E-state index contributed by atoms with van der Waals surface area (Å²) in [6.07, 6.45) is 15.6. The van der Waals surface area contributed by atoms with Gasteiger partial charge < -0.3 is 13.9 Å². The molecule has 0 atom stereocenters. The molecule has 1 aromatic carbocycles. The second-order valence-corrected chi connectivity index (χ2v) is 9.67. The Morgan fingerprint density at radius 2 is 1.67 bits per heavy atom. The second kappa shape index (κ2) is 13.7. The highest BCUT2D eigenvalue weighted by atomic mass is 19.1. The first-order chi connectivity index (χ1) is 16.1. The van der Waals surface area contributed by atoms with Crippen molar-refractivity contribution < 1.29 is 18.3 Å². The first kappa shape index (κ1) is 25.7. The minimum Gasteiger partial charge on any atom is -0.491 e. The summed E-state index contributed by atoms with van der Waals surface area (Å²) in [4.78, 5) is 12.5. The van der Waals surface area contributed by atoms with Gasteiger partial charge in [-0.2, -0.15) is 0 Å². The maximum atomic E-state index is 14.7. The Kier molecular flexibility index (Phi) is 10.7. The molecule has 1 aliphatic rings. The highest BCUT2D eigenvalue weighted by molar-refractivity contribution is 5.83. The van der Waals surface area contributed by atoms with E-state index in [0.717, 1.165) is 31.8 Å². The van der Waals surface area contributed by atoms with Crippen molar-refractivity contribution in [2.75, 3.05) is 20.3 Å². The summed E-state index contributed by atoms with van der Waals surface area (Å²) < 4.78 is 30.7. The van der Waals surface area contributed by atoms with E-state index in [1.54, 1.807) is 19.2 Å². The molecule has 4 nitrogen and oxygen atoms in total. The van der Waals surface area contributed by atoms with E-state index in [1.165, 1.54) is 64.2 Å². The highest BCUT2D eigenvalue weighted by Gasteiger charge is 2.21. The number of benzene rings is 1. The molecule has 1 aromatic heterocycles. The molecule has 3 rings (SSSR count). The van der Waals surface area contributed by atoms with Gasteiger partial charge >= 0.3 is 5.63 Å². The van der Waals surface area contributed by atoms with Gasteiger partial charge in [0.05, 0.1) is 6.61 Å². The minimum absolute atomic E-state index is 0.00782. The van der Waals surface area contributed by atoms with Crippen LogP contribution >= 0.6 is 0 Å². The average Bonchev–Trinajstić information content (AvgIpc) is 2.82. The van der Waals surface area contributed by atoms with E-state index in [0.29, 0.717) is 23.7 Å². The van der Waals surface area contributed by atoms with E-state index in [2.05, 4.69) is 0 Å². The Bertz CT molecular complexity index is 899. The predicted octanol–water partition coefficient (Wildman–Crippen LogP) is 7.45. The van der Waals surface area contributed by atoms with E-state index in [4.69, 9.17) is 13.9 Å². The van der Waals surface area contributed by atoms with Gasteiger partial charge in [0.25, 0.3) is 0 Å². The quantitative estimate of drug-likeness (QED) is 0.275. The van der Waals surface area contributed by atoms with Crippen LogP contribution in [0.15, 0.2) is 27.4 Å². The maximum Gasteiger partial charge on any atom is 0.346 e. The molecule has 0 N–H and O–H groups in total. The smallest absolute Gasteiger partial charge is 0.346 e. The second-order valence-electron chi connectivity index (χ2n) is 9.67. The topological polar surface area (TPSA) is 48.7 Å². The van der Waals surface area contributed by atoms with E-state index in [9.17, 15) is 9.18 Å². The normalized spacial score (nSPS) is 18.6. The zero-order valence-electron chi connectivity index (χ0n) is 20.5. The van der Waals surface area contributed by atoms with E-state index < -0.39 is 11.4 Å². The molecule has 184 valence electrons. The SMILES string of the molecule is CCCOc1ccc2cc(CCC3CCC(CCCCCCCOC)CC3)oc(=O)c2c1F.